The molecule has 1 aromatic rings. The number of hydrogen-bond acceptors (Lipinski definition) is 4. The van der Waals surface area contributed by atoms with Crippen molar-refractivity contribution in [2.24, 2.45) is 4.99 Å². The van der Waals surface area contributed by atoms with E-state index in [1.165, 1.54) is 11.1 Å². The van der Waals surface area contributed by atoms with Crippen LogP contribution in [0.1, 0.15) is 37.5 Å². The van der Waals surface area contributed by atoms with Gasteiger partial charge in [-0.2, -0.15) is 0 Å². The number of aryl methyl sites for hydroxylation is 1. The lowest BCUT2D eigenvalue weighted by atomic mass is 10.0. The Kier molecular flexibility index (Phi) is 11.3. The van der Waals surface area contributed by atoms with Gasteiger partial charge in [0.2, 0.25) is 10.0 Å². The molecule has 1 aromatic carbocycles. The summed E-state index contributed by atoms with van der Waals surface area (Å²) in [6.07, 6.45) is 0.694. The van der Waals surface area contributed by atoms with Crippen molar-refractivity contribution >= 4 is 40.0 Å². The van der Waals surface area contributed by atoms with E-state index in [-0.39, 0.29) is 35.8 Å². The lowest BCUT2D eigenvalue weighted by Gasteiger charge is -2.35. The summed E-state index contributed by atoms with van der Waals surface area (Å²) in [6, 6.07) is 8.31. The van der Waals surface area contributed by atoms with Crippen LogP contribution in [0.2, 0.25) is 0 Å². The van der Waals surface area contributed by atoms with Crippen LogP contribution in [-0.4, -0.2) is 64.4 Å². The summed E-state index contributed by atoms with van der Waals surface area (Å²) in [4.78, 5) is 6.90. The molecule has 0 aliphatic carbocycles. The van der Waals surface area contributed by atoms with Crippen molar-refractivity contribution in [3.8, 4) is 0 Å². The molecule has 0 amide bonds. The number of sulfonamides is 1. The van der Waals surface area contributed by atoms with Gasteiger partial charge in [-0.3, -0.25) is 4.99 Å². The molecule has 0 radical (unpaired) electrons. The van der Waals surface area contributed by atoms with Crippen LogP contribution in [-0.2, 0) is 14.8 Å². The average Bonchev–Trinajstić information content (AvgIpc) is 2.67. The van der Waals surface area contributed by atoms with Gasteiger partial charge in [0.25, 0.3) is 0 Å². The number of hydrogen-bond donors (Lipinski definition) is 2. The first-order valence-corrected chi connectivity index (χ1v) is 11.3. The van der Waals surface area contributed by atoms with Gasteiger partial charge in [0.1, 0.15) is 6.10 Å². The molecular weight excluding hydrogens is 491 g/mol. The summed E-state index contributed by atoms with van der Waals surface area (Å²) in [6.45, 7) is 9.74. The van der Waals surface area contributed by atoms with Crippen molar-refractivity contribution in [3.05, 3.63) is 35.4 Å². The summed E-state index contributed by atoms with van der Waals surface area (Å²) < 4.78 is 31.5. The van der Waals surface area contributed by atoms with Crippen LogP contribution in [0.5, 0.6) is 0 Å². The van der Waals surface area contributed by atoms with E-state index in [4.69, 9.17) is 4.74 Å². The Morgan fingerprint density at radius 3 is 2.75 bits per heavy atom. The second kappa shape index (κ2) is 12.6. The molecule has 1 aliphatic rings. The number of morpholine rings is 1. The number of guanidine groups is 1. The van der Waals surface area contributed by atoms with E-state index in [2.05, 4.69) is 39.0 Å². The Bertz CT molecular complexity index is 728. The lowest BCUT2D eigenvalue weighted by Crippen LogP contribution is -2.48. The molecular formula is C19H33IN4O3S. The first-order chi connectivity index (χ1) is 13.0. The fourth-order valence-electron chi connectivity index (χ4n) is 3.00. The molecule has 28 heavy (non-hydrogen) atoms. The summed E-state index contributed by atoms with van der Waals surface area (Å²) in [7, 11) is -3.13. The molecule has 1 saturated heterocycles. The van der Waals surface area contributed by atoms with Gasteiger partial charge >= 0.3 is 0 Å². The maximum absolute atomic E-state index is 11.5. The van der Waals surface area contributed by atoms with E-state index in [0.717, 1.165) is 25.6 Å². The number of aliphatic imine (C=N–C) groups is 1. The molecule has 1 aliphatic heterocycles. The Hall–Kier alpha value is -0.910. The maximum atomic E-state index is 11.5. The lowest BCUT2D eigenvalue weighted by molar-refractivity contribution is -0.00832. The molecule has 0 saturated carbocycles. The molecule has 0 spiro atoms. The molecule has 0 bridgehead atoms. The highest BCUT2D eigenvalue weighted by Gasteiger charge is 2.25. The predicted molar refractivity (Wildman–Crippen MR) is 125 cm³/mol. The predicted octanol–water partition coefficient (Wildman–Crippen LogP) is 2.28. The van der Waals surface area contributed by atoms with Gasteiger partial charge in [-0.1, -0.05) is 24.3 Å². The summed E-state index contributed by atoms with van der Waals surface area (Å²) in [5.74, 6) is 0.963. The third-order valence-corrected chi connectivity index (χ3v) is 5.94. The third kappa shape index (κ3) is 7.84. The largest absolute Gasteiger partial charge is 0.370 e. The minimum atomic E-state index is -3.13. The number of nitrogens with zero attached hydrogens (tertiary/aromatic N) is 2. The van der Waals surface area contributed by atoms with Crippen molar-refractivity contribution < 1.29 is 13.2 Å². The van der Waals surface area contributed by atoms with E-state index in [9.17, 15) is 8.42 Å². The van der Waals surface area contributed by atoms with Crippen molar-refractivity contribution in [1.82, 2.24) is 14.9 Å². The van der Waals surface area contributed by atoms with Gasteiger partial charge in [-0.25, -0.2) is 13.1 Å². The SMILES string of the molecule is CCNC(=NCCCNS(=O)(=O)CC)N1CCOC(c2ccccc2C)C1.I. The van der Waals surface area contributed by atoms with Crippen molar-refractivity contribution in [1.29, 1.82) is 0 Å². The van der Waals surface area contributed by atoms with Crippen LogP contribution in [0.15, 0.2) is 29.3 Å². The second-order valence-corrected chi connectivity index (χ2v) is 8.64. The number of benzene rings is 1. The van der Waals surface area contributed by atoms with E-state index >= 15 is 0 Å². The Labute approximate surface area is 186 Å². The quantitative estimate of drug-likeness (QED) is 0.236. The monoisotopic (exact) mass is 524 g/mol. The van der Waals surface area contributed by atoms with E-state index in [1.54, 1.807) is 6.92 Å². The number of rotatable bonds is 8. The highest BCUT2D eigenvalue weighted by molar-refractivity contribution is 14.0. The minimum Gasteiger partial charge on any atom is -0.370 e. The smallest absolute Gasteiger partial charge is 0.211 e. The highest BCUT2D eigenvalue weighted by Crippen LogP contribution is 2.24. The van der Waals surface area contributed by atoms with Gasteiger partial charge in [0, 0.05) is 26.2 Å². The molecule has 1 heterocycles. The van der Waals surface area contributed by atoms with Crippen LogP contribution in [0.25, 0.3) is 0 Å². The molecule has 2 N–H and O–H groups in total. The maximum Gasteiger partial charge on any atom is 0.211 e. The Morgan fingerprint density at radius 1 is 1.32 bits per heavy atom. The fraction of sp³-hybridized carbons (Fsp3) is 0.632. The highest BCUT2D eigenvalue weighted by atomic mass is 127. The average molecular weight is 524 g/mol. The first kappa shape index (κ1) is 25.1. The third-order valence-electron chi connectivity index (χ3n) is 4.53. The zero-order valence-electron chi connectivity index (χ0n) is 17.0. The van der Waals surface area contributed by atoms with Crippen LogP contribution >= 0.6 is 24.0 Å². The van der Waals surface area contributed by atoms with Gasteiger partial charge < -0.3 is 15.0 Å². The standard InChI is InChI=1S/C19H32N4O3S.HI/c1-4-20-19(21-11-8-12-22-27(24,25)5-2)23-13-14-26-18(15-23)17-10-7-6-9-16(17)3;/h6-7,9-10,18,22H,4-5,8,11-15H2,1-3H3,(H,20,21);1H. The minimum absolute atomic E-state index is 0. The molecule has 1 unspecified atom stereocenters. The molecule has 160 valence electrons. The van der Waals surface area contributed by atoms with E-state index < -0.39 is 10.0 Å². The first-order valence-electron chi connectivity index (χ1n) is 9.64. The molecule has 7 nitrogen and oxygen atoms in total. The molecule has 0 aromatic heterocycles. The normalized spacial score (nSPS) is 17.9. The van der Waals surface area contributed by atoms with E-state index in [0.29, 0.717) is 26.1 Å². The van der Waals surface area contributed by atoms with Crippen LogP contribution in [0.4, 0.5) is 0 Å². The van der Waals surface area contributed by atoms with Gasteiger partial charge in [-0.15, -0.1) is 24.0 Å². The van der Waals surface area contributed by atoms with E-state index in [1.807, 2.05) is 19.1 Å². The Morgan fingerprint density at radius 2 is 2.07 bits per heavy atom. The van der Waals surface area contributed by atoms with Crippen molar-refractivity contribution in [2.75, 3.05) is 45.1 Å². The van der Waals surface area contributed by atoms with Crippen molar-refractivity contribution in [2.45, 2.75) is 33.3 Å². The summed E-state index contributed by atoms with van der Waals surface area (Å²) in [5.41, 5.74) is 2.45. The van der Waals surface area contributed by atoms with Gasteiger partial charge in [-0.05, 0) is 38.3 Å². The molecule has 1 fully saturated rings. The number of ether oxygens (including phenoxy) is 1. The zero-order valence-corrected chi connectivity index (χ0v) is 20.1. The summed E-state index contributed by atoms with van der Waals surface area (Å²) >= 11 is 0. The van der Waals surface area contributed by atoms with Crippen LogP contribution in [0.3, 0.4) is 0 Å². The van der Waals surface area contributed by atoms with Crippen molar-refractivity contribution in [3.63, 3.8) is 0 Å². The number of nitrogens with one attached hydrogen (secondary N) is 2. The summed E-state index contributed by atoms with van der Waals surface area (Å²) in [5, 5.41) is 3.34. The van der Waals surface area contributed by atoms with Gasteiger partial charge in [0.05, 0.1) is 18.9 Å². The van der Waals surface area contributed by atoms with Crippen LogP contribution < -0.4 is 10.0 Å². The van der Waals surface area contributed by atoms with Crippen LogP contribution in [0, 0.1) is 6.92 Å². The van der Waals surface area contributed by atoms with Gasteiger partial charge in [0.15, 0.2) is 5.96 Å². The number of halogens is 1. The topological polar surface area (TPSA) is 83.0 Å². The molecule has 1 atom stereocenters. The zero-order chi connectivity index (χ0) is 19.7. The molecule has 2 rings (SSSR count). The Balaban J connectivity index is 0.00000392. The molecule has 9 heteroatoms. The fourth-order valence-corrected chi connectivity index (χ4v) is 3.66. The second-order valence-electron chi connectivity index (χ2n) is 6.55.